The maximum absolute atomic E-state index is 12.5. The maximum atomic E-state index is 12.5. The van der Waals surface area contributed by atoms with Crippen molar-refractivity contribution in [2.45, 2.75) is 17.1 Å². The number of nitrogens with zero attached hydrogens (tertiary/aromatic N) is 2. The van der Waals surface area contributed by atoms with Crippen molar-refractivity contribution in [3.8, 4) is 5.88 Å². The topological polar surface area (TPSA) is 88.6 Å². The van der Waals surface area contributed by atoms with E-state index in [4.69, 9.17) is 4.74 Å². The van der Waals surface area contributed by atoms with Crippen LogP contribution in [-0.4, -0.2) is 43.8 Å². The maximum Gasteiger partial charge on any atom is 0.252 e. The van der Waals surface area contributed by atoms with Gasteiger partial charge in [-0.15, -0.1) is 11.3 Å². The molecule has 0 atom stereocenters. The van der Waals surface area contributed by atoms with Gasteiger partial charge in [0.05, 0.1) is 7.11 Å². The van der Waals surface area contributed by atoms with E-state index >= 15 is 0 Å². The first-order valence-electron chi connectivity index (χ1n) is 7.86. The average molecular weight is 381 g/mol. The molecule has 1 amide bonds. The number of piperidine rings is 1. The van der Waals surface area contributed by atoms with Crippen LogP contribution in [0.1, 0.15) is 12.8 Å². The molecule has 2 aromatic heterocycles. The van der Waals surface area contributed by atoms with Crippen molar-refractivity contribution >= 4 is 33.0 Å². The van der Waals surface area contributed by atoms with Gasteiger partial charge in [-0.05, 0) is 36.4 Å². The minimum Gasteiger partial charge on any atom is -0.480 e. The molecule has 9 heteroatoms. The van der Waals surface area contributed by atoms with Gasteiger partial charge in [0.15, 0.2) is 0 Å². The molecule has 0 radical (unpaired) electrons. The van der Waals surface area contributed by atoms with Crippen LogP contribution in [0.3, 0.4) is 0 Å². The number of carbonyl (C=O) groups is 1. The van der Waals surface area contributed by atoms with Gasteiger partial charge < -0.3 is 10.1 Å². The highest BCUT2D eigenvalue weighted by atomic mass is 32.2. The minimum absolute atomic E-state index is 0.139. The normalized spacial score (nSPS) is 16.5. The van der Waals surface area contributed by atoms with Gasteiger partial charge in [-0.1, -0.05) is 6.07 Å². The van der Waals surface area contributed by atoms with Crippen molar-refractivity contribution < 1.29 is 17.9 Å². The number of hydrogen-bond donors (Lipinski definition) is 1. The Bertz CT molecular complexity index is 829. The molecule has 1 fully saturated rings. The molecule has 7 nitrogen and oxygen atoms in total. The predicted molar refractivity (Wildman–Crippen MR) is 95.2 cm³/mol. The number of methoxy groups -OCH3 is 1. The van der Waals surface area contributed by atoms with Crippen molar-refractivity contribution in [1.82, 2.24) is 9.29 Å². The standard InChI is InChI=1S/C16H19N3O4S2/c1-23-16-13(4-2-8-17-16)18-15(20)12-6-9-19(10-7-12)25(21,22)14-5-3-11-24-14/h2-5,8,11-12H,6-7,9-10H2,1H3,(H,18,20). The molecule has 0 aromatic carbocycles. The monoisotopic (exact) mass is 381 g/mol. The molecule has 1 N–H and O–H groups in total. The number of nitrogens with one attached hydrogen (secondary N) is 1. The second kappa shape index (κ2) is 7.51. The lowest BCUT2D eigenvalue weighted by Crippen LogP contribution is -2.41. The highest BCUT2D eigenvalue weighted by Crippen LogP contribution is 2.28. The van der Waals surface area contributed by atoms with Crippen LogP contribution in [-0.2, 0) is 14.8 Å². The van der Waals surface area contributed by atoms with Gasteiger partial charge in [0.25, 0.3) is 10.0 Å². The van der Waals surface area contributed by atoms with Crippen LogP contribution in [0.4, 0.5) is 5.69 Å². The number of thiophene rings is 1. The van der Waals surface area contributed by atoms with E-state index in [1.165, 1.54) is 22.8 Å². The van der Waals surface area contributed by atoms with Crippen molar-refractivity contribution in [3.63, 3.8) is 0 Å². The van der Waals surface area contributed by atoms with Crippen molar-refractivity contribution in [2.24, 2.45) is 5.92 Å². The first kappa shape index (κ1) is 17.8. The Morgan fingerprint density at radius 2 is 2.08 bits per heavy atom. The third kappa shape index (κ3) is 3.83. The largest absolute Gasteiger partial charge is 0.480 e. The Labute approximate surface area is 150 Å². The van der Waals surface area contributed by atoms with Crippen molar-refractivity contribution in [3.05, 3.63) is 35.8 Å². The molecule has 0 saturated carbocycles. The van der Waals surface area contributed by atoms with E-state index in [1.54, 1.807) is 35.8 Å². The van der Waals surface area contributed by atoms with E-state index in [2.05, 4.69) is 10.3 Å². The molecule has 0 bridgehead atoms. The number of sulfonamides is 1. The van der Waals surface area contributed by atoms with Gasteiger partial charge >= 0.3 is 0 Å². The van der Waals surface area contributed by atoms with Gasteiger partial charge in [0, 0.05) is 25.2 Å². The van der Waals surface area contributed by atoms with E-state index < -0.39 is 10.0 Å². The Morgan fingerprint density at radius 3 is 2.72 bits per heavy atom. The summed E-state index contributed by atoms with van der Waals surface area (Å²) in [6.07, 6.45) is 2.56. The molecular formula is C16H19N3O4S2. The smallest absolute Gasteiger partial charge is 0.252 e. The zero-order valence-corrected chi connectivity index (χ0v) is 15.3. The molecule has 1 saturated heterocycles. The van der Waals surface area contributed by atoms with Crippen LogP contribution in [0.15, 0.2) is 40.1 Å². The molecule has 134 valence electrons. The number of aromatic nitrogens is 1. The van der Waals surface area contributed by atoms with Crippen LogP contribution in [0, 0.1) is 5.92 Å². The fourth-order valence-corrected chi connectivity index (χ4v) is 5.39. The molecule has 0 unspecified atom stereocenters. The Kier molecular flexibility index (Phi) is 5.36. The summed E-state index contributed by atoms with van der Waals surface area (Å²) in [6, 6.07) is 6.76. The van der Waals surface area contributed by atoms with Crippen molar-refractivity contribution in [2.75, 3.05) is 25.5 Å². The molecule has 1 aliphatic rings. The number of amides is 1. The summed E-state index contributed by atoms with van der Waals surface area (Å²) < 4.78 is 31.9. The Morgan fingerprint density at radius 1 is 1.32 bits per heavy atom. The highest BCUT2D eigenvalue weighted by Gasteiger charge is 2.32. The number of pyridine rings is 1. The molecule has 2 aromatic rings. The van der Waals surface area contributed by atoms with E-state index in [0.717, 1.165) is 0 Å². The van der Waals surface area contributed by atoms with E-state index in [9.17, 15) is 13.2 Å². The molecule has 1 aliphatic heterocycles. The molecule has 3 heterocycles. The predicted octanol–water partition coefficient (Wildman–Crippen LogP) is 2.19. The SMILES string of the molecule is COc1ncccc1NC(=O)C1CCN(S(=O)(=O)c2cccs2)CC1. The summed E-state index contributed by atoms with van der Waals surface area (Å²) >= 11 is 1.21. The third-order valence-electron chi connectivity index (χ3n) is 4.14. The summed E-state index contributed by atoms with van der Waals surface area (Å²) in [5.74, 6) is -0.0206. The minimum atomic E-state index is -3.45. The van der Waals surface area contributed by atoms with Crippen LogP contribution in [0.5, 0.6) is 5.88 Å². The summed E-state index contributed by atoms with van der Waals surface area (Å²) in [5, 5.41) is 4.56. The van der Waals surface area contributed by atoms with Gasteiger partial charge in [0.2, 0.25) is 11.8 Å². The first-order valence-corrected chi connectivity index (χ1v) is 10.2. The molecule has 0 aliphatic carbocycles. The lowest BCUT2D eigenvalue weighted by molar-refractivity contribution is -0.120. The summed E-state index contributed by atoms with van der Waals surface area (Å²) in [6.45, 7) is 0.672. The van der Waals surface area contributed by atoms with Crippen LogP contribution in [0.2, 0.25) is 0 Å². The van der Waals surface area contributed by atoms with E-state index in [0.29, 0.717) is 41.7 Å². The lowest BCUT2D eigenvalue weighted by atomic mass is 9.97. The third-order valence-corrected chi connectivity index (χ3v) is 7.41. The molecular weight excluding hydrogens is 362 g/mol. The Balaban J connectivity index is 1.61. The fourth-order valence-electron chi connectivity index (χ4n) is 2.78. The van der Waals surface area contributed by atoms with E-state index in [1.807, 2.05) is 0 Å². The van der Waals surface area contributed by atoms with Crippen LogP contribution >= 0.6 is 11.3 Å². The van der Waals surface area contributed by atoms with Gasteiger partial charge in [-0.3, -0.25) is 4.79 Å². The molecule has 25 heavy (non-hydrogen) atoms. The summed E-state index contributed by atoms with van der Waals surface area (Å²) in [4.78, 5) is 16.5. The van der Waals surface area contributed by atoms with E-state index in [-0.39, 0.29) is 11.8 Å². The van der Waals surface area contributed by atoms with Crippen LogP contribution < -0.4 is 10.1 Å². The summed E-state index contributed by atoms with van der Waals surface area (Å²) in [7, 11) is -1.96. The molecule has 0 spiro atoms. The number of hydrogen-bond acceptors (Lipinski definition) is 6. The molecule has 3 rings (SSSR count). The van der Waals surface area contributed by atoms with Crippen LogP contribution in [0.25, 0.3) is 0 Å². The lowest BCUT2D eigenvalue weighted by Gasteiger charge is -2.30. The first-order chi connectivity index (χ1) is 12.0. The summed E-state index contributed by atoms with van der Waals surface area (Å²) in [5.41, 5.74) is 0.517. The fraction of sp³-hybridized carbons (Fsp3) is 0.375. The number of anilines is 1. The quantitative estimate of drug-likeness (QED) is 0.858. The number of carbonyl (C=O) groups excluding carboxylic acids is 1. The average Bonchev–Trinajstić information content (AvgIpc) is 3.18. The Hall–Kier alpha value is -1.97. The highest BCUT2D eigenvalue weighted by molar-refractivity contribution is 7.91. The zero-order valence-electron chi connectivity index (χ0n) is 13.7. The van der Waals surface area contributed by atoms with Crippen molar-refractivity contribution in [1.29, 1.82) is 0 Å². The van der Waals surface area contributed by atoms with Gasteiger partial charge in [0.1, 0.15) is 9.90 Å². The second-order valence-electron chi connectivity index (χ2n) is 5.66. The number of rotatable bonds is 5. The van der Waals surface area contributed by atoms with Gasteiger partial charge in [-0.25, -0.2) is 13.4 Å². The number of ether oxygens (including phenoxy) is 1. The zero-order chi connectivity index (χ0) is 17.9. The second-order valence-corrected chi connectivity index (χ2v) is 8.77. The van der Waals surface area contributed by atoms with Gasteiger partial charge in [-0.2, -0.15) is 4.31 Å².